The number of aryl methyl sites for hydroxylation is 1. The van der Waals surface area contributed by atoms with Crippen LogP contribution in [0.4, 0.5) is 0 Å². The standard InChI is InChI=1S/C15H24N2O2S2/c1-10(2)8-12(4)17(5)21(18,19)13-6-7-14(15(16)20)11(3)9-13/h6-7,9-10,12H,8H2,1-5H3,(H2,16,20). The summed E-state index contributed by atoms with van der Waals surface area (Å²) in [7, 11) is -1.88. The molecule has 0 aliphatic heterocycles. The van der Waals surface area contributed by atoms with E-state index in [1.54, 1.807) is 25.2 Å². The Labute approximate surface area is 133 Å². The smallest absolute Gasteiger partial charge is 0.243 e. The van der Waals surface area contributed by atoms with Gasteiger partial charge in [0.2, 0.25) is 10.0 Å². The fourth-order valence-corrected chi connectivity index (χ4v) is 3.99. The average Bonchev–Trinajstić information content (AvgIpc) is 2.36. The highest BCUT2D eigenvalue weighted by molar-refractivity contribution is 7.89. The predicted octanol–water partition coefficient (Wildman–Crippen LogP) is 2.68. The first-order chi connectivity index (χ1) is 9.57. The summed E-state index contributed by atoms with van der Waals surface area (Å²) in [6, 6.07) is 4.81. The van der Waals surface area contributed by atoms with Gasteiger partial charge in [-0.2, -0.15) is 4.31 Å². The van der Waals surface area contributed by atoms with Gasteiger partial charge in [0, 0.05) is 18.7 Å². The van der Waals surface area contributed by atoms with Crippen LogP contribution in [0.15, 0.2) is 23.1 Å². The lowest BCUT2D eigenvalue weighted by molar-refractivity contribution is 0.338. The molecule has 1 atom stereocenters. The zero-order valence-corrected chi connectivity index (χ0v) is 14.9. The van der Waals surface area contributed by atoms with Crippen LogP contribution >= 0.6 is 12.2 Å². The molecular formula is C15H24N2O2S2. The van der Waals surface area contributed by atoms with Crippen molar-refractivity contribution in [2.24, 2.45) is 11.7 Å². The van der Waals surface area contributed by atoms with Crippen molar-refractivity contribution in [1.82, 2.24) is 4.31 Å². The van der Waals surface area contributed by atoms with Crippen LogP contribution in [0.5, 0.6) is 0 Å². The molecule has 1 rings (SSSR count). The summed E-state index contributed by atoms with van der Waals surface area (Å²) in [5.74, 6) is 0.441. The van der Waals surface area contributed by atoms with Crippen LogP contribution < -0.4 is 5.73 Å². The summed E-state index contributed by atoms with van der Waals surface area (Å²) in [6.07, 6.45) is 0.819. The fourth-order valence-electron chi connectivity index (χ4n) is 2.31. The van der Waals surface area contributed by atoms with Crippen molar-refractivity contribution >= 4 is 27.2 Å². The molecule has 0 bridgehead atoms. The highest BCUT2D eigenvalue weighted by Crippen LogP contribution is 2.22. The number of hydrogen-bond donors (Lipinski definition) is 1. The second-order valence-electron chi connectivity index (χ2n) is 5.84. The molecule has 1 aromatic rings. The number of benzene rings is 1. The van der Waals surface area contributed by atoms with Crippen LogP contribution in [0.25, 0.3) is 0 Å². The van der Waals surface area contributed by atoms with Gasteiger partial charge in [-0.05, 0) is 43.9 Å². The zero-order valence-electron chi connectivity index (χ0n) is 13.3. The van der Waals surface area contributed by atoms with Crippen LogP contribution in [-0.2, 0) is 10.0 Å². The van der Waals surface area contributed by atoms with E-state index in [1.807, 2.05) is 13.8 Å². The number of sulfonamides is 1. The van der Waals surface area contributed by atoms with Gasteiger partial charge in [0.25, 0.3) is 0 Å². The molecule has 1 unspecified atom stereocenters. The molecule has 1 aromatic carbocycles. The first kappa shape index (κ1) is 18.1. The SMILES string of the molecule is Cc1cc(S(=O)(=O)N(C)C(C)CC(C)C)ccc1C(N)=S. The van der Waals surface area contributed by atoms with Crippen molar-refractivity contribution < 1.29 is 8.42 Å². The van der Waals surface area contributed by atoms with E-state index in [0.717, 1.165) is 12.0 Å². The van der Waals surface area contributed by atoms with E-state index < -0.39 is 10.0 Å². The van der Waals surface area contributed by atoms with Crippen molar-refractivity contribution in [3.05, 3.63) is 29.3 Å². The molecular weight excluding hydrogens is 304 g/mol. The molecule has 0 spiro atoms. The van der Waals surface area contributed by atoms with Gasteiger partial charge in [0.15, 0.2) is 0 Å². The van der Waals surface area contributed by atoms with Gasteiger partial charge >= 0.3 is 0 Å². The van der Waals surface area contributed by atoms with E-state index in [2.05, 4.69) is 13.8 Å². The van der Waals surface area contributed by atoms with Crippen molar-refractivity contribution in [3.8, 4) is 0 Å². The summed E-state index contributed by atoms with van der Waals surface area (Å²) < 4.78 is 26.7. The van der Waals surface area contributed by atoms with Crippen molar-refractivity contribution in [2.75, 3.05) is 7.05 Å². The Hall–Kier alpha value is -0.980. The molecule has 0 fully saturated rings. The Morgan fingerprint density at radius 1 is 1.33 bits per heavy atom. The predicted molar refractivity (Wildman–Crippen MR) is 90.9 cm³/mol. The molecule has 118 valence electrons. The van der Waals surface area contributed by atoms with E-state index >= 15 is 0 Å². The van der Waals surface area contributed by atoms with Gasteiger partial charge < -0.3 is 5.73 Å². The van der Waals surface area contributed by atoms with Crippen LogP contribution in [-0.4, -0.2) is 30.8 Å². The third kappa shape index (κ3) is 4.25. The maximum Gasteiger partial charge on any atom is 0.243 e. The minimum atomic E-state index is -3.50. The summed E-state index contributed by atoms with van der Waals surface area (Å²) in [4.78, 5) is 0.552. The summed E-state index contributed by atoms with van der Waals surface area (Å²) in [5, 5.41) is 0. The maximum atomic E-state index is 12.7. The molecule has 6 heteroatoms. The zero-order chi connectivity index (χ0) is 16.4. The Balaban J connectivity index is 3.13. The van der Waals surface area contributed by atoms with Gasteiger partial charge in [-0.25, -0.2) is 8.42 Å². The van der Waals surface area contributed by atoms with Gasteiger partial charge in [0.1, 0.15) is 4.99 Å². The molecule has 0 aliphatic carbocycles. The normalized spacial score (nSPS) is 13.7. The van der Waals surface area contributed by atoms with Gasteiger partial charge in [-0.3, -0.25) is 0 Å². The number of nitrogens with zero attached hydrogens (tertiary/aromatic N) is 1. The highest BCUT2D eigenvalue weighted by Gasteiger charge is 2.26. The Bertz CT molecular complexity index is 625. The second-order valence-corrected chi connectivity index (χ2v) is 8.28. The van der Waals surface area contributed by atoms with E-state index in [9.17, 15) is 8.42 Å². The van der Waals surface area contributed by atoms with E-state index in [0.29, 0.717) is 11.5 Å². The van der Waals surface area contributed by atoms with Gasteiger partial charge in [-0.1, -0.05) is 32.1 Å². The molecule has 21 heavy (non-hydrogen) atoms. The largest absolute Gasteiger partial charge is 0.389 e. The molecule has 0 saturated carbocycles. The molecule has 4 nitrogen and oxygen atoms in total. The Morgan fingerprint density at radius 2 is 1.90 bits per heavy atom. The van der Waals surface area contributed by atoms with Crippen LogP contribution in [0.3, 0.4) is 0 Å². The van der Waals surface area contributed by atoms with Gasteiger partial charge in [0.05, 0.1) is 4.90 Å². The number of thiocarbonyl (C=S) groups is 1. The quantitative estimate of drug-likeness (QED) is 0.816. The molecule has 0 heterocycles. The van der Waals surface area contributed by atoms with Crippen LogP contribution in [0.2, 0.25) is 0 Å². The monoisotopic (exact) mass is 328 g/mol. The first-order valence-corrected chi connectivity index (χ1v) is 8.80. The summed E-state index contributed by atoms with van der Waals surface area (Å²) >= 11 is 4.94. The molecule has 0 radical (unpaired) electrons. The number of hydrogen-bond acceptors (Lipinski definition) is 3. The molecule has 0 aliphatic rings. The summed E-state index contributed by atoms with van der Waals surface area (Å²) in [5.41, 5.74) is 7.09. The Kier molecular flexibility index (Phi) is 5.90. The minimum Gasteiger partial charge on any atom is -0.389 e. The molecule has 0 saturated heterocycles. The molecule has 0 aromatic heterocycles. The van der Waals surface area contributed by atoms with Crippen molar-refractivity contribution in [3.63, 3.8) is 0 Å². The highest BCUT2D eigenvalue weighted by atomic mass is 32.2. The van der Waals surface area contributed by atoms with Crippen LogP contribution in [0.1, 0.15) is 38.3 Å². The van der Waals surface area contributed by atoms with E-state index in [-0.39, 0.29) is 15.9 Å². The number of rotatable bonds is 6. The lowest BCUT2D eigenvalue weighted by Crippen LogP contribution is -2.36. The second kappa shape index (κ2) is 6.85. The average molecular weight is 329 g/mol. The van der Waals surface area contributed by atoms with Gasteiger partial charge in [-0.15, -0.1) is 0 Å². The van der Waals surface area contributed by atoms with Crippen molar-refractivity contribution in [1.29, 1.82) is 0 Å². The van der Waals surface area contributed by atoms with E-state index in [4.69, 9.17) is 18.0 Å². The Morgan fingerprint density at radius 3 is 2.33 bits per heavy atom. The third-order valence-electron chi connectivity index (χ3n) is 3.57. The molecule has 2 N–H and O–H groups in total. The number of nitrogens with two attached hydrogens (primary N) is 1. The fraction of sp³-hybridized carbons (Fsp3) is 0.533. The third-order valence-corrected chi connectivity index (χ3v) is 5.76. The van der Waals surface area contributed by atoms with E-state index in [1.165, 1.54) is 4.31 Å². The topological polar surface area (TPSA) is 63.4 Å². The lowest BCUT2D eigenvalue weighted by Gasteiger charge is -2.26. The van der Waals surface area contributed by atoms with Crippen LogP contribution in [0, 0.1) is 12.8 Å². The lowest BCUT2D eigenvalue weighted by atomic mass is 10.1. The minimum absolute atomic E-state index is 0.0504. The maximum absolute atomic E-state index is 12.7. The van der Waals surface area contributed by atoms with Crippen molar-refractivity contribution in [2.45, 2.75) is 45.1 Å². The molecule has 0 amide bonds. The summed E-state index contributed by atoms with van der Waals surface area (Å²) in [6.45, 7) is 7.90. The first-order valence-electron chi connectivity index (χ1n) is 6.95.